The monoisotopic (exact) mass is 312 g/mol. The summed E-state index contributed by atoms with van der Waals surface area (Å²) in [7, 11) is 1.63. The molecule has 0 saturated carbocycles. The van der Waals surface area contributed by atoms with Gasteiger partial charge in [0.1, 0.15) is 17.0 Å². The van der Waals surface area contributed by atoms with Crippen LogP contribution in [-0.4, -0.2) is 22.9 Å². The van der Waals surface area contributed by atoms with Gasteiger partial charge in [-0.05, 0) is 30.7 Å². The zero-order valence-electron chi connectivity index (χ0n) is 12.4. The van der Waals surface area contributed by atoms with Crippen molar-refractivity contribution in [1.29, 1.82) is 0 Å². The maximum Gasteiger partial charge on any atom is 0.251 e. The number of hydrogen-bond acceptors (Lipinski definition) is 5. The van der Waals surface area contributed by atoms with Gasteiger partial charge in [-0.3, -0.25) is 4.79 Å². The van der Waals surface area contributed by atoms with Crippen LogP contribution in [0, 0.1) is 6.92 Å². The van der Waals surface area contributed by atoms with Gasteiger partial charge >= 0.3 is 0 Å². The van der Waals surface area contributed by atoms with Crippen LogP contribution < -0.4 is 10.6 Å². The van der Waals surface area contributed by atoms with Gasteiger partial charge in [-0.25, -0.2) is 9.97 Å². The molecule has 0 aliphatic heterocycles. The second kappa shape index (κ2) is 6.11. The fourth-order valence-electron chi connectivity index (χ4n) is 2.27. The molecule has 1 amide bonds. The van der Waals surface area contributed by atoms with Gasteiger partial charge in [-0.1, -0.05) is 12.1 Å². The highest BCUT2D eigenvalue weighted by atomic mass is 32.1. The summed E-state index contributed by atoms with van der Waals surface area (Å²) in [4.78, 5) is 22.5. The number of aryl methyl sites for hydroxylation is 1. The maximum atomic E-state index is 11.7. The molecule has 5 nitrogen and oxygen atoms in total. The Morgan fingerprint density at radius 3 is 2.95 bits per heavy atom. The molecule has 2 heterocycles. The first-order valence-corrected chi connectivity index (χ1v) is 7.75. The first-order valence-electron chi connectivity index (χ1n) is 6.93. The van der Waals surface area contributed by atoms with E-state index in [0.29, 0.717) is 12.1 Å². The normalized spacial score (nSPS) is 10.6. The number of nitrogens with one attached hydrogen (secondary N) is 2. The van der Waals surface area contributed by atoms with Gasteiger partial charge in [0.2, 0.25) is 0 Å². The third-order valence-corrected chi connectivity index (χ3v) is 4.29. The molecule has 2 aromatic heterocycles. The molecule has 3 rings (SSSR count). The SMILES string of the molecule is CNC(=O)c1cccc(CNc2ncnc3sc(C)cc23)c1. The number of anilines is 1. The number of thiophene rings is 1. The fraction of sp³-hybridized carbons (Fsp3) is 0.188. The summed E-state index contributed by atoms with van der Waals surface area (Å²) >= 11 is 1.65. The predicted molar refractivity (Wildman–Crippen MR) is 89.3 cm³/mol. The summed E-state index contributed by atoms with van der Waals surface area (Å²) in [6.45, 7) is 2.66. The Morgan fingerprint density at radius 2 is 2.14 bits per heavy atom. The molecule has 0 aliphatic rings. The van der Waals surface area contributed by atoms with Gasteiger partial charge in [0.15, 0.2) is 0 Å². The van der Waals surface area contributed by atoms with E-state index in [1.54, 1.807) is 30.8 Å². The molecule has 0 fully saturated rings. The van der Waals surface area contributed by atoms with Crippen LogP contribution in [0.15, 0.2) is 36.7 Å². The number of carbonyl (C=O) groups is 1. The van der Waals surface area contributed by atoms with Gasteiger partial charge in [-0.15, -0.1) is 11.3 Å². The largest absolute Gasteiger partial charge is 0.365 e. The Hall–Kier alpha value is -2.47. The minimum Gasteiger partial charge on any atom is -0.365 e. The lowest BCUT2D eigenvalue weighted by atomic mass is 10.1. The Labute approximate surface area is 132 Å². The van der Waals surface area contributed by atoms with E-state index in [-0.39, 0.29) is 5.91 Å². The summed E-state index contributed by atoms with van der Waals surface area (Å²) in [6.07, 6.45) is 1.57. The van der Waals surface area contributed by atoms with Crippen LogP contribution in [0.5, 0.6) is 0 Å². The number of amides is 1. The average Bonchev–Trinajstić information content (AvgIpc) is 2.93. The van der Waals surface area contributed by atoms with Gasteiger partial charge in [0.25, 0.3) is 5.91 Å². The summed E-state index contributed by atoms with van der Waals surface area (Å²) < 4.78 is 0. The topological polar surface area (TPSA) is 66.9 Å². The third kappa shape index (κ3) is 2.92. The van der Waals surface area contributed by atoms with Gasteiger partial charge in [-0.2, -0.15) is 0 Å². The minimum atomic E-state index is -0.0836. The van der Waals surface area contributed by atoms with Crippen molar-refractivity contribution >= 4 is 33.3 Å². The van der Waals surface area contributed by atoms with E-state index in [9.17, 15) is 4.79 Å². The number of rotatable bonds is 4. The lowest BCUT2D eigenvalue weighted by Crippen LogP contribution is -2.18. The van der Waals surface area contributed by atoms with Crippen LogP contribution in [0.1, 0.15) is 20.8 Å². The van der Waals surface area contributed by atoms with Crippen LogP contribution in [0.4, 0.5) is 5.82 Å². The zero-order valence-corrected chi connectivity index (χ0v) is 13.2. The van der Waals surface area contributed by atoms with Crippen molar-refractivity contribution < 1.29 is 4.79 Å². The molecule has 0 bridgehead atoms. The number of fused-ring (bicyclic) bond motifs is 1. The van der Waals surface area contributed by atoms with E-state index >= 15 is 0 Å². The molecule has 0 saturated heterocycles. The molecule has 0 spiro atoms. The summed E-state index contributed by atoms with van der Waals surface area (Å²) in [5.41, 5.74) is 1.68. The molecule has 0 atom stereocenters. The Balaban J connectivity index is 1.81. The molecule has 0 radical (unpaired) electrons. The molecule has 1 aromatic carbocycles. The van der Waals surface area contributed by atoms with Gasteiger partial charge in [0.05, 0.1) is 5.39 Å². The van der Waals surface area contributed by atoms with Crippen LogP contribution >= 0.6 is 11.3 Å². The highest BCUT2D eigenvalue weighted by Gasteiger charge is 2.07. The maximum absolute atomic E-state index is 11.7. The third-order valence-electron chi connectivity index (χ3n) is 3.33. The Bertz CT molecular complexity index is 828. The van der Waals surface area contributed by atoms with Crippen LogP contribution in [0.2, 0.25) is 0 Å². The van der Waals surface area contributed by atoms with Crippen molar-refractivity contribution in [1.82, 2.24) is 15.3 Å². The molecule has 3 aromatic rings. The number of aromatic nitrogens is 2. The number of benzene rings is 1. The summed E-state index contributed by atoms with van der Waals surface area (Å²) in [5, 5.41) is 6.99. The van der Waals surface area contributed by atoms with E-state index in [1.807, 2.05) is 18.2 Å². The molecule has 6 heteroatoms. The highest BCUT2D eigenvalue weighted by molar-refractivity contribution is 7.18. The fourth-order valence-corrected chi connectivity index (χ4v) is 3.12. The van der Waals surface area contributed by atoms with E-state index in [1.165, 1.54) is 4.88 Å². The lowest BCUT2D eigenvalue weighted by Gasteiger charge is -2.08. The van der Waals surface area contributed by atoms with Crippen molar-refractivity contribution in [2.24, 2.45) is 0 Å². The summed E-state index contributed by atoms with van der Waals surface area (Å²) in [5.74, 6) is 0.736. The molecular formula is C16H16N4OS. The number of nitrogens with zero attached hydrogens (tertiary/aromatic N) is 2. The first-order chi connectivity index (χ1) is 10.7. The van der Waals surface area contributed by atoms with Crippen molar-refractivity contribution in [2.45, 2.75) is 13.5 Å². The van der Waals surface area contributed by atoms with E-state index in [0.717, 1.165) is 21.6 Å². The average molecular weight is 312 g/mol. The lowest BCUT2D eigenvalue weighted by molar-refractivity contribution is 0.0963. The van der Waals surface area contributed by atoms with Crippen LogP contribution in [-0.2, 0) is 6.54 Å². The van der Waals surface area contributed by atoms with Crippen molar-refractivity contribution in [2.75, 3.05) is 12.4 Å². The van der Waals surface area contributed by atoms with Crippen molar-refractivity contribution in [3.8, 4) is 0 Å². The highest BCUT2D eigenvalue weighted by Crippen LogP contribution is 2.27. The minimum absolute atomic E-state index is 0.0836. The van der Waals surface area contributed by atoms with Crippen molar-refractivity contribution in [3.63, 3.8) is 0 Å². The zero-order chi connectivity index (χ0) is 15.5. The summed E-state index contributed by atoms with van der Waals surface area (Å²) in [6, 6.07) is 9.63. The molecule has 0 unspecified atom stereocenters. The molecule has 0 aliphatic carbocycles. The quantitative estimate of drug-likeness (QED) is 0.777. The molecular weight excluding hydrogens is 296 g/mol. The number of carbonyl (C=O) groups excluding carboxylic acids is 1. The molecule has 112 valence electrons. The molecule has 22 heavy (non-hydrogen) atoms. The predicted octanol–water partition coefficient (Wildman–Crippen LogP) is 2.97. The Morgan fingerprint density at radius 1 is 1.27 bits per heavy atom. The number of hydrogen-bond donors (Lipinski definition) is 2. The van der Waals surface area contributed by atoms with Crippen molar-refractivity contribution in [3.05, 3.63) is 52.7 Å². The van der Waals surface area contributed by atoms with E-state index in [2.05, 4.69) is 33.6 Å². The van der Waals surface area contributed by atoms with Crippen LogP contribution in [0.3, 0.4) is 0 Å². The second-order valence-electron chi connectivity index (χ2n) is 4.93. The Kier molecular flexibility index (Phi) is 4.02. The van der Waals surface area contributed by atoms with Crippen LogP contribution in [0.25, 0.3) is 10.2 Å². The van der Waals surface area contributed by atoms with E-state index < -0.39 is 0 Å². The van der Waals surface area contributed by atoms with Gasteiger partial charge < -0.3 is 10.6 Å². The smallest absolute Gasteiger partial charge is 0.251 e. The second-order valence-corrected chi connectivity index (χ2v) is 6.17. The first kappa shape index (κ1) is 14.5. The van der Waals surface area contributed by atoms with E-state index in [4.69, 9.17) is 0 Å². The van der Waals surface area contributed by atoms with Gasteiger partial charge in [0, 0.05) is 24.0 Å². The standard InChI is InChI=1S/C16H16N4OS/c1-10-6-13-14(19-9-20-16(13)22-10)18-8-11-4-3-5-12(7-11)15(21)17-2/h3-7,9H,8H2,1-2H3,(H,17,21)(H,18,19,20). The molecule has 2 N–H and O–H groups in total.